The lowest BCUT2D eigenvalue weighted by Gasteiger charge is -2.13. The summed E-state index contributed by atoms with van der Waals surface area (Å²) in [4.78, 5) is 21.5. The number of para-hydroxylation sites is 4. The van der Waals surface area contributed by atoms with Gasteiger partial charge in [-0.3, -0.25) is 9.13 Å². The minimum absolute atomic E-state index is 0.596. The van der Waals surface area contributed by atoms with Crippen LogP contribution in [0, 0.1) is 0 Å². The highest BCUT2D eigenvalue weighted by Gasteiger charge is 2.22. The average Bonchev–Trinajstić information content (AvgIpc) is 3.78. The van der Waals surface area contributed by atoms with Crippen molar-refractivity contribution in [3.63, 3.8) is 0 Å². The van der Waals surface area contributed by atoms with E-state index in [1.807, 2.05) is 12.1 Å². The maximum Gasteiger partial charge on any atom is 0.235 e. The predicted molar refractivity (Wildman–Crippen MR) is 342 cm³/mol. The molecule has 0 unspecified atom stereocenters. The van der Waals surface area contributed by atoms with E-state index in [2.05, 4.69) is 264 Å². The summed E-state index contributed by atoms with van der Waals surface area (Å²) in [6.07, 6.45) is 0. The van der Waals surface area contributed by atoms with Gasteiger partial charge in [-0.2, -0.15) is 0 Å². The molecule has 17 rings (SSSR count). The van der Waals surface area contributed by atoms with Gasteiger partial charge in [0.25, 0.3) is 0 Å². The predicted octanol–water partition coefficient (Wildman–Crippen LogP) is 18.9. The minimum Gasteiger partial charge on any atom is -0.278 e. The van der Waals surface area contributed by atoms with Crippen LogP contribution in [0.1, 0.15) is 0 Å². The fourth-order valence-electron chi connectivity index (χ4n) is 12.4. The molecule has 17 aromatic rings. The van der Waals surface area contributed by atoms with Gasteiger partial charge in [0, 0.05) is 54.6 Å². The van der Waals surface area contributed by atoms with Crippen molar-refractivity contribution < 1.29 is 0 Å². The molecule has 0 aliphatic heterocycles. The molecular formula is C74H44N8S. The highest BCUT2D eigenvalue weighted by molar-refractivity contribution is 7.18. The van der Waals surface area contributed by atoms with E-state index in [1.54, 1.807) is 11.3 Å². The van der Waals surface area contributed by atoms with Crippen LogP contribution in [0.5, 0.6) is 0 Å². The Balaban J connectivity index is 0.756. The van der Waals surface area contributed by atoms with Crippen LogP contribution in [0.3, 0.4) is 0 Å². The third-order valence-electron chi connectivity index (χ3n) is 16.4. The number of benzene rings is 12. The van der Waals surface area contributed by atoms with Gasteiger partial charge in [-0.25, -0.2) is 19.9 Å². The van der Waals surface area contributed by atoms with Crippen molar-refractivity contribution in [3.05, 3.63) is 267 Å². The zero-order valence-corrected chi connectivity index (χ0v) is 45.2. The largest absolute Gasteiger partial charge is 0.278 e. The summed E-state index contributed by atoms with van der Waals surface area (Å²) >= 11 is 1.57. The summed E-state index contributed by atoms with van der Waals surface area (Å²) in [5.74, 6) is 1.19. The fourth-order valence-corrected chi connectivity index (χ4v) is 13.3. The number of rotatable bonds is 8. The first-order valence-corrected chi connectivity index (χ1v) is 28.6. The van der Waals surface area contributed by atoms with Gasteiger partial charge in [0.1, 0.15) is 10.0 Å². The lowest BCUT2D eigenvalue weighted by molar-refractivity contribution is 1.01. The summed E-state index contributed by atoms with van der Waals surface area (Å²) in [7, 11) is 0. The molecule has 5 heterocycles. The van der Waals surface area contributed by atoms with E-state index in [1.165, 1.54) is 32.7 Å². The van der Waals surface area contributed by atoms with Gasteiger partial charge >= 0.3 is 0 Å². The van der Waals surface area contributed by atoms with Gasteiger partial charge in [-0.1, -0.05) is 242 Å². The van der Waals surface area contributed by atoms with Crippen molar-refractivity contribution >= 4 is 98.3 Å². The zero-order valence-electron chi connectivity index (χ0n) is 44.4. The SMILES string of the molecule is c1ccc2c(-c3ccc(-c4nc(-n5c6ccccc6c6ccc(-c7nnc(-c8ccc9c%10ccccc%10n(-c%10nc(-c%11ccc(-c%12cccc%13ccccc%12%13)cc%11)c%11ccccc%11n%10)c9c8)s7)cc65)nc5ccccc45)cc3)cccc2c1. The second-order valence-corrected chi connectivity index (χ2v) is 22.0. The van der Waals surface area contributed by atoms with Gasteiger partial charge in [0.2, 0.25) is 11.9 Å². The summed E-state index contributed by atoms with van der Waals surface area (Å²) < 4.78 is 4.40. The first-order chi connectivity index (χ1) is 41.1. The Kier molecular flexibility index (Phi) is 10.6. The molecule has 0 bridgehead atoms. The summed E-state index contributed by atoms with van der Waals surface area (Å²) in [6, 6.07) is 94.3. The maximum absolute atomic E-state index is 5.45. The Morgan fingerprint density at radius 3 is 1.06 bits per heavy atom. The molecule has 83 heavy (non-hydrogen) atoms. The molecule has 0 atom stereocenters. The quantitative estimate of drug-likeness (QED) is 0.151. The summed E-state index contributed by atoms with van der Waals surface area (Å²) in [6.45, 7) is 0. The van der Waals surface area contributed by atoms with Crippen molar-refractivity contribution in [1.29, 1.82) is 0 Å². The molecule has 9 heteroatoms. The number of aromatic nitrogens is 8. The number of fused-ring (bicyclic) bond motifs is 10. The molecule has 12 aromatic carbocycles. The fraction of sp³-hybridized carbons (Fsp3) is 0. The van der Waals surface area contributed by atoms with E-state index in [9.17, 15) is 0 Å². The summed E-state index contributed by atoms with van der Waals surface area (Å²) in [5, 5.41) is 22.7. The van der Waals surface area contributed by atoms with Crippen molar-refractivity contribution in [2.24, 2.45) is 0 Å². The second kappa shape index (κ2) is 18.8. The Morgan fingerprint density at radius 1 is 0.253 bits per heavy atom. The van der Waals surface area contributed by atoms with E-state index >= 15 is 0 Å². The van der Waals surface area contributed by atoms with Gasteiger partial charge in [-0.05, 0) is 80.2 Å². The summed E-state index contributed by atoms with van der Waals surface area (Å²) in [5.41, 5.74) is 16.1. The monoisotopic (exact) mass is 1080 g/mol. The van der Waals surface area contributed by atoms with Crippen LogP contribution in [-0.2, 0) is 0 Å². The van der Waals surface area contributed by atoms with Crippen molar-refractivity contribution in [2.45, 2.75) is 0 Å². The van der Waals surface area contributed by atoms with Gasteiger partial charge < -0.3 is 0 Å². The highest BCUT2D eigenvalue weighted by atomic mass is 32.1. The van der Waals surface area contributed by atoms with Crippen LogP contribution in [0.4, 0.5) is 0 Å². The molecule has 0 spiro atoms. The minimum atomic E-state index is 0.596. The first-order valence-electron chi connectivity index (χ1n) is 27.8. The molecule has 0 aliphatic carbocycles. The van der Waals surface area contributed by atoms with Gasteiger partial charge in [0.15, 0.2) is 0 Å². The lowest BCUT2D eigenvalue weighted by atomic mass is 9.96. The number of hydrogen-bond donors (Lipinski definition) is 0. The van der Waals surface area contributed by atoms with E-state index in [0.717, 1.165) is 120 Å². The molecular weight excluding hydrogens is 1030 g/mol. The molecule has 8 nitrogen and oxygen atoms in total. The molecule has 0 N–H and O–H groups in total. The van der Waals surface area contributed by atoms with E-state index in [0.29, 0.717) is 11.9 Å². The Bertz CT molecular complexity index is 5120. The first kappa shape index (κ1) is 46.9. The maximum atomic E-state index is 5.45. The van der Waals surface area contributed by atoms with E-state index in [-0.39, 0.29) is 0 Å². The third kappa shape index (κ3) is 7.67. The highest BCUT2D eigenvalue weighted by Crippen LogP contribution is 2.41. The van der Waals surface area contributed by atoms with Crippen LogP contribution < -0.4 is 0 Å². The zero-order chi connectivity index (χ0) is 54.5. The van der Waals surface area contributed by atoms with Gasteiger partial charge in [0.05, 0.1) is 44.5 Å². The molecule has 0 radical (unpaired) electrons. The van der Waals surface area contributed by atoms with Crippen molar-refractivity contribution in [3.8, 4) is 77.8 Å². The molecule has 0 fully saturated rings. The van der Waals surface area contributed by atoms with Crippen LogP contribution >= 0.6 is 11.3 Å². The number of nitrogens with zero attached hydrogens (tertiary/aromatic N) is 8. The van der Waals surface area contributed by atoms with Crippen LogP contribution in [0.25, 0.3) is 165 Å². The normalized spacial score (nSPS) is 11.9. The van der Waals surface area contributed by atoms with Crippen LogP contribution in [0.15, 0.2) is 267 Å². The molecule has 0 amide bonds. The molecule has 0 aliphatic rings. The second-order valence-electron chi connectivity index (χ2n) is 21.1. The van der Waals surface area contributed by atoms with Crippen molar-refractivity contribution in [2.75, 3.05) is 0 Å². The standard InChI is InChI=1S/C74H44N8S/c1-3-19-53-45(15-1)17-13-25-55(53)47-31-35-49(36-32-47)69-61-23-5-9-27-63(61)75-73(77-69)81-65-29-11-7-21-57(65)59-41-39-51(43-67(59)81)71-79-80-72(83-71)52-40-42-60-58-22-8-12-30-66(58)82(68(60)44-52)74-76-64-28-10-6-24-62(64)70(78-74)50-37-33-48(34-38-50)56-26-14-18-46-16-2-4-20-54(46)56/h1-44H. The third-order valence-corrected chi connectivity index (χ3v) is 17.4. The van der Waals surface area contributed by atoms with E-state index < -0.39 is 0 Å². The van der Waals surface area contributed by atoms with Crippen molar-refractivity contribution in [1.82, 2.24) is 39.3 Å². The smallest absolute Gasteiger partial charge is 0.235 e. The molecule has 386 valence electrons. The molecule has 0 saturated carbocycles. The van der Waals surface area contributed by atoms with E-state index in [4.69, 9.17) is 30.1 Å². The lowest BCUT2D eigenvalue weighted by Crippen LogP contribution is -2.03. The molecule has 5 aromatic heterocycles. The number of hydrogen-bond acceptors (Lipinski definition) is 7. The molecule has 0 saturated heterocycles. The average molecular weight is 1080 g/mol. The van der Waals surface area contributed by atoms with Gasteiger partial charge in [-0.15, -0.1) is 10.2 Å². The van der Waals surface area contributed by atoms with Crippen LogP contribution in [0.2, 0.25) is 0 Å². The Hall–Kier alpha value is -11.0. The Labute approximate surface area is 479 Å². The van der Waals surface area contributed by atoms with Crippen LogP contribution in [-0.4, -0.2) is 39.3 Å². The topological polar surface area (TPSA) is 87.2 Å². The Morgan fingerprint density at radius 2 is 0.602 bits per heavy atom.